The van der Waals surface area contributed by atoms with Gasteiger partial charge in [0.05, 0.1) is 18.3 Å². The molecule has 0 aliphatic rings. The van der Waals surface area contributed by atoms with Crippen LogP contribution >= 0.6 is 0 Å². The van der Waals surface area contributed by atoms with Gasteiger partial charge in [-0.25, -0.2) is 9.97 Å². The minimum atomic E-state index is -2.25. The van der Waals surface area contributed by atoms with Crippen molar-refractivity contribution in [1.29, 1.82) is 0 Å². The molecule has 160 valence electrons. The average Bonchev–Trinajstić information content (AvgIpc) is 3.09. The van der Waals surface area contributed by atoms with Gasteiger partial charge in [0.15, 0.2) is 0 Å². The minimum absolute atomic E-state index is 0.294. The van der Waals surface area contributed by atoms with Crippen LogP contribution in [0.5, 0.6) is 5.75 Å². The zero-order chi connectivity index (χ0) is 22.0. The second-order valence-electron chi connectivity index (χ2n) is 7.26. The maximum Gasteiger partial charge on any atom is 0.130 e. The topological polar surface area (TPSA) is 92.1 Å². The van der Waals surface area contributed by atoms with Gasteiger partial charge in [-0.15, -0.1) is 0 Å². The van der Waals surface area contributed by atoms with E-state index in [4.69, 9.17) is 4.74 Å². The molecule has 0 bridgehead atoms. The quantitative estimate of drug-likeness (QED) is 0.440. The lowest BCUT2D eigenvalue weighted by Gasteiger charge is -2.12. The summed E-state index contributed by atoms with van der Waals surface area (Å²) < 4.78 is 30.2. The first kappa shape index (κ1) is 21.0. The highest BCUT2D eigenvalue weighted by atomic mass is 32.2. The van der Waals surface area contributed by atoms with E-state index in [2.05, 4.69) is 38.9 Å². The number of hydrogen-bond acceptors (Lipinski definition) is 6. The second kappa shape index (κ2) is 8.87. The predicted octanol–water partition coefficient (Wildman–Crippen LogP) is 4.07. The normalized spacial score (nSPS) is 12.1. The van der Waals surface area contributed by atoms with Crippen LogP contribution in [0.15, 0.2) is 59.8 Å². The van der Waals surface area contributed by atoms with Crippen molar-refractivity contribution in [2.24, 2.45) is 0 Å². The minimum Gasteiger partial charge on any atom is -0.768 e. The third kappa shape index (κ3) is 4.30. The summed E-state index contributed by atoms with van der Waals surface area (Å²) in [5.74, 6) is 1.58. The number of methoxy groups -OCH3 is 1. The van der Waals surface area contributed by atoms with Crippen LogP contribution < -0.4 is 10.1 Å². The zero-order valence-corrected chi connectivity index (χ0v) is 18.4. The largest absolute Gasteiger partial charge is 0.768 e. The molecular formula is C23H23N4O3S-. The van der Waals surface area contributed by atoms with E-state index in [1.54, 1.807) is 26.2 Å². The summed E-state index contributed by atoms with van der Waals surface area (Å²) in [6, 6.07) is 15.2. The lowest BCUT2D eigenvalue weighted by Crippen LogP contribution is -2.12. The second-order valence-corrected chi connectivity index (χ2v) is 8.17. The van der Waals surface area contributed by atoms with E-state index in [9.17, 15) is 8.76 Å². The number of nitrogens with zero attached hydrogens (tertiary/aromatic N) is 3. The average molecular weight is 436 g/mol. The Morgan fingerprint density at radius 2 is 1.97 bits per heavy atom. The maximum absolute atomic E-state index is 11.2. The molecule has 2 heterocycles. The molecule has 0 fully saturated rings. The van der Waals surface area contributed by atoms with Gasteiger partial charge in [0.2, 0.25) is 0 Å². The Kier molecular flexibility index (Phi) is 6.01. The van der Waals surface area contributed by atoms with Crippen LogP contribution in [0.1, 0.15) is 11.3 Å². The molecule has 1 unspecified atom stereocenters. The van der Waals surface area contributed by atoms with Crippen molar-refractivity contribution in [3.63, 3.8) is 0 Å². The van der Waals surface area contributed by atoms with Crippen molar-refractivity contribution < 1.29 is 13.5 Å². The van der Waals surface area contributed by atoms with Gasteiger partial charge in [0.25, 0.3) is 0 Å². The van der Waals surface area contributed by atoms with Crippen molar-refractivity contribution >= 4 is 27.8 Å². The molecule has 31 heavy (non-hydrogen) atoms. The summed E-state index contributed by atoms with van der Waals surface area (Å²) in [5, 5.41) is 4.46. The van der Waals surface area contributed by atoms with Crippen molar-refractivity contribution in [2.45, 2.75) is 25.3 Å². The number of anilines is 1. The molecule has 0 spiro atoms. The van der Waals surface area contributed by atoms with Gasteiger partial charge in [-0.1, -0.05) is 12.1 Å². The molecule has 0 radical (unpaired) electrons. The number of ether oxygens (including phenoxy) is 1. The smallest absolute Gasteiger partial charge is 0.130 e. The van der Waals surface area contributed by atoms with Gasteiger partial charge in [0.1, 0.15) is 17.9 Å². The van der Waals surface area contributed by atoms with Gasteiger partial charge in [0, 0.05) is 40.7 Å². The molecule has 1 atom stereocenters. The van der Waals surface area contributed by atoms with E-state index in [1.807, 2.05) is 24.3 Å². The Hall–Kier alpha value is -3.23. The van der Waals surface area contributed by atoms with E-state index in [0.717, 1.165) is 40.1 Å². The van der Waals surface area contributed by atoms with Crippen LogP contribution in [0.25, 0.3) is 22.2 Å². The van der Waals surface area contributed by atoms with Crippen LogP contribution in [0.2, 0.25) is 0 Å². The van der Waals surface area contributed by atoms with E-state index in [1.165, 1.54) is 6.33 Å². The molecule has 0 aliphatic heterocycles. The summed E-state index contributed by atoms with van der Waals surface area (Å²) in [4.78, 5) is 8.94. The van der Waals surface area contributed by atoms with E-state index >= 15 is 0 Å². The number of aromatic nitrogens is 3. The highest BCUT2D eigenvalue weighted by Crippen LogP contribution is 2.28. The first-order chi connectivity index (χ1) is 15.0. The first-order valence-electron chi connectivity index (χ1n) is 9.87. The number of benzene rings is 2. The molecule has 0 saturated heterocycles. The Balaban J connectivity index is 1.50. The molecule has 4 rings (SSSR count). The van der Waals surface area contributed by atoms with E-state index in [0.29, 0.717) is 22.8 Å². The summed E-state index contributed by atoms with van der Waals surface area (Å²) in [6.07, 6.45) is 1.51. The molecule has 0 saturated carbocycles. The molecular weight excluding hydrogens is 412 g/mol. The Bertz CT molecular complexity index is 1270. The molecule has 1 N–H and O–H groups in total. The van der Waals surface area contributed by atoms with Crippen molar-refractivity contribution in [3.8, 4) is 17.0 Å². The first-order valence-corrected chi connectivity index (χ1v) is 10.9. The van der Waals surface area contributed by atoms with Crippen LogP contribution in [0.3, 0.4) is 0 Å². The molecule has 7 nitrogen and oxygen atoms in total. The van der Waals surface area contributed by atoms with E-state index in [-0.39, 0.29) is 0 Å². The predicted molar refractivity (Wildman–Crippen MR) is 121 cm³/mol. The lowest BCUT2D eigenvalue weighted by atomic mass is 10.1. The molecule has 0 amide bonds. The summed E-state index contributed by atoms with van der Waals surface area (Å²) in [6.45, 7) is 5.31. The highest BCUT2D eigenvalue weighted by Gasteiger charge is 2.10. The van der Waals surface area contributed by atoms with Gasteiger partial charge in [-0.2, -0.15) is 0 Å². The van der Waals surface area contributed by atoms with Crippen LogP contribution in [-0.4, -0.2) is 37.0 Å². The van der Waals surface area contributed by atoms with Crippen LogP contribution in [-0.2, 0) is 17.6 Å². The SMILES string of the molecule is COc1cccc2c1cc(C)n2CCNc1cc(-c2ccc(S(=O)[O-])c(C)c2)ncn1. The molecule has 8 heteroatoms. The van der Waals surface area contributed by atoms with Crippen molar-refractivity contribution in [3.05, 3.63) is 66.1 Å². The monoisotopic (exact) mass is 435 g/mol. The van der Waals surface area contributed by atoms with Crippen LogP contribution in [0, 0.1) is 13.8 Å². The lowest BCUT2D eigenvalue weighted by molar-refractivity contribution is 0.420. The number of hydrogen-bond donors (Lipinski definition) is 1. The maximum atomic E-state index is 11.2. The fourth-order valence-corrected chi connectivity index (χ4v) is 4.27. The third-order valence-electron chi connectivity index (χ3n) is 5.29. The van der Waals surface area contributed by atoms with Crippen LogP contribution in [0.4, 0.5) is 5.82 Å². The van der Waals surface area contributed by atoms with E-state index < -0.39 is 11.1 Å². The fraction of sp³-hybridized carbons (Fsp3) is 0.217. The Morgan fingerprint density at radius 3 is 2.71 bits per heavy atom. The fourth-order valence-electron chi connectivity index (χ4n) is 3.77. The number of rotatable bonds is 7. The van der Waals surface area contributed by atoms with Crippen molar-refractivity contribution in [1.82, 2.24) is 14.5 Å². The summed E-state index contributed by atoms with van der Waals surface area (Å²) >= 11 is -2.25. The third-order valence-corrected chi connectivity index (χ3v) is 6.11. The molecule has 4 aromatic rings. The summed E-state index contributed by atoms with van der Waals surface area (Å²) in [7, 11) is 1.69. The Labute approximate surface area is 183 Å². The highest BCUT2D eigenvalue weighted by molar-refractivity contribution is 7.79. The number of nitrogens with one attached hydrogen (secondary N) is 1. The van der Waals surface area contributed by atoms with Gasteiger partial charge in [-0.05, 0) is 60.8 Å². The summed E-state index contributed by atoms with van der Waals surface area (Å²) in [5.41, 5.74) is 4.56. The zero-order valence-electron chi connectivity index (χ0n) is 17.6. The molecule has 0 aliphatic carbocycles. The number of fused-ring (bicyclic) bond motifs is 1. The van der Waals surface area contributed by atoms with Gasteiger partial charge >= 0.3 is 0 Å². The van der Waals surface area contributed by atoms with Gasteiger partial charge < -0.3 is 19.2 Å². The van der Waals surface area contributed by atoms with Crippen molar-refractivity contribution in [2.75, 3.05) is 19.0 Å². The molecule has 2 aromatic heterocycles. The standard InChI is InChI=1S/C23H24N4O3S/c1-15-11-17(7-8-22(15)31(28)29)19-13-23(26-14-25-19)24-9-10-27-16(2)12-18-20(27)5-4-6-21(18)30-3/h4-8,11-14H,9-10H2,1-3H3,(H,28,29)(H,24,25,26)/p-1. The van der Waals surface area contributed by atoms with Gasteiger partial charge in [-0.3, -0.25) is 4.21 Å². The Morgan fingerprint density at radius 1 is 1.13 bits per heavy atom. The number of aryl methyl sites for hydroxylation is 2. The molecule has 2 aromatic carbocycles.